The van der Waals surface area contributed by atoms with Gasteiger partial charge in [-0.3, -0.25) is 4.90 Å². The van der Waals surface area contributed by atoms with Gasteiger partial charge in [-0.1, -0.05) is 24.3 Å². The van der Waals surface area contributed by atoms with Gasteiger partial charge in [0.15, 0.2) is 0 Å². The van der Waals surface area contributed by atoms with E-state index in [0.29, 0.717) is 25.2 Å². The van der Waals surface area contributed by atoms with Crippen LogP contribution in [0.4, 0.5) is 8.78 Å². The van der Waals surface area contributed by atoms with Crippen LogP contribution in [0.25, 0.3) is 0 Å². The maximum absolute atomic E-state index is 13.1. The number of rotatable bonds is 6. The molecule has 0 aliphatic carbocycles. The van der Waals surface area contributed by atoms with Crippen molar-refractivity contribution in [2.45, 2.75) is 25.6 Å². The summed E-state index contributed by atoms with van der Waals surface area (Å²) in [6.45, 7) is 3.08. The molecular weight excluding hydrogens is 310 g/mol. The number of benzene rings is 2. The van der Waals surface area contributed by atoms with Crippen LogP contribution in [-0.4, -0.2) is 35.7 Å². The minimum absolute atomic E-state index is 0.328. The molecule has 2 aromatic carbocycles. The summed E-state index contributed by atoms with van der Waals surface area (Å²) in [5.74, 6) is -1.17. The molecule has 0 saturated carbocycles. The molecule has 0 amide bonds. The predicted octanol–water partition coefficient (Wildman–Crippen LogP) is 2.47. The van der Waals surface area contributed by atoms with E-state index in [1.165, 1.54) is 23.3 Å². The fourth-order valence-corrected chi connectivity index (χ4v) is 3.17. The van der Waals surface area contributed by atoms with Crippen molar-refractivity contribution in [3.63, 3.8) is 0 Å². The fraction of sp³-hybridized carbons (Fsp3) is 0.368. The minimum Gasteiger partial charge on any atom is -0.390 e. The van der Waals surface area contributed by atoms with Gasteiger partial charge in [0, 0.05) is 38.8 Å². The molecule has 0 bridgehead atoms. The van der Waals surface area contributed by atoms with Crippen LogP contribution < -0.4 is 5.32 Å². The quantitative estimate of drug-likeness (QED) is 0.853. The van der Waals surface area contributed by atoms with Crippen LogP contribution in [0.15, 0.2) is 42.5 Å². The van der Waals surface area contributed by atoms with Crippen LogP contribution in [0.1, 0.15) is 16.7 Å². The number of hydrogen-bond acceptors (Lipinski definition) is 3. The van der Waals surface area contributed by atoms with Crippen molar-refractivity contribution < 1.29 is 13.9 Å². The Kier molecular flexibility index (Phi) is 5.56. The smallest absolute Gasteiger partial charge is 0.126 e. The van der Waals surface area contributed by atoms with E-state index >= 15 is 0 Å². The second kappa shape index (κ2) is 7.83. The molecule has 3 nitrogen and oxygen atoms in total. The molecule has 2 aromatic rings. The topological polar surface area (TPSA) is 35.5 Å². The Balaban J connectivity index is 1.44. The van der Waals surface area contributed by atoms with Gasteiger partial charge in [-0.05, 0) is 35.2 Å². The molecule has 0 fully saturated rings. The number of aliphatic hydroxyl groups excluding tert-OH is 1. The number of halogens is 2. The number of β-amino-alcohol motifs (C(OH)–C–C–N with tert-alkyl or cyclic N) is 1. The Morgan fingerprint density at radius 3 is 2.54 bits per heavy atom. The molecule has 0 radical (unpaired) electrons. The first-order valence-electron chi connectivity index (χ1n) is 8.23. The van der Waals surface area contributed by atoms with E-state index in [1.54, 1.807) is 0 Å². The van der Waals surface area contributed by atoms with Crippen molar-refractivity contribution >= 4 is 0 Å². The summed E-state index contributed by atoms with van der Waals surface area (Å²) in [5, 5.41) is 13.2. The van der Waals surface area contributed by atoms with Crippen LogP contribution in [0.5, 0.6) is 0 Å². The second-order valence-corrected chi connectivity index (χ2v) is 6.32. The normalized spacial score (nSPS) is 16.0. The van der Waals surface area contributed by atoms with Gasteiger partial charge >= 0.3 is 0 Å². The molecule has 1 atom stereocenters. The molecule has 24 heavy (non-hydrogen) atoms. The van der Waals surface area contributed by atoms with E-state index < -0.39 is 17.7 Å². The monoisotopic (exact) mass is 332 g/mol. The summed E-state index contributed by atoms with van der Waals surface area (Å²) in [7, 11) is 0. The molecule has 1 heterocycles. The highest BCUT2D eigenvalue weighted by Gasteiger charge is 2.18. The van der Waals surface area contributed by atoms with E-state index in [1.807, 2.05) is 6.07 Å². The minimum atomic E-state index is -0.584. The molecule has 0 aromatic heterocycles. The van der Waals surface area contributed by atoms with Gasteiger partial charge < -0.3 is 10.4 Å². The lowest BCUT2D eigenvalue weighted by molar-refractivity contribution is 0.104. The molecule has 0 spiro atoms. The highest BCUT2D eigenvalue weighted by molar-refractivity contribution is 5.29. The van der Waals surface area contributed by atoms with Crippen molar-refractivity contribution in [3.05, 3.63) is 70.8 Å². The lowest BCUT2D eigenvalue weighted by Gasteiger charge is -2.30. The molecule has 5 heteroatoms. The van der Waals surface area contributed by atoms with Crippen LogP contribution >= 0.6 is 0 Å². The van der Waals surface area contributed by atoms with Crippen molar-refractivity contribution in [1.29, 1.82) is 0 Å². The maximum atomic E-state index is 13.1. The predicted molar refractivity (Wildman–Crippen MR) is 89.5 cm³/mol. The number of nitrogens with one attached hydrogen (secondary N) is 1. The van der Waals surface area contributed by atoms with Crippen molar-refractivity contribution in [1.82, 2.24) is 10.2 Å². The Bertz CT molecular complexity index is 673. The highest BCUT2D eigenvalue weighted by Crippen LogP contribution is 2.18. The van der Waals surface area contributed by atoms with E-state index in [-0.39, 0.29) is 0 Å². The van der Waals surface area contributed by atoms with Gasteiger partial charge in [0.2, 0.25) is 0 Å². The summed E-state index contributed by atoms with van der Waals surface area (Å²) < 4.78 is 26.2. The van der Waals surface area contributed by atoms with E-state index in [2.05, 4.69) is 28.4 Å². The molecule has 1 aliphatic heterocycles. The SMILES string of the molecule is OC(CNCc1cc(F)cc(F)c1)CN1CCc2ccccc2C1. The third-order valence-electron chi connectivity index (χ3n) is 4.31. The van der Waals surface area contributed by atoms with Gasteiger partial charge in [-0.2, -0.15) is 0 Å². The first kappa shape index (κ1) is 17.0. The molecular formula is C19H22F2N2O. The zero-order chi connectivity index (χ0) is 16.9. The zero-order valence-corrected chi connectivity index (χ0v) is 13.5. The van der Waals surface area contributed by atoms with Crippen LogP contribution in [0, 0.1) is 11.6 Å². The van der Waals surface area contributed by atoms with Crippen molar-refractivity contribution in [3.8, 4) is 0 Å². The first-order valence-corrected chi connectivity index (χ1v) is 8.23. The summed E-state index contributed by atoms with van der Waals surface area (Å²) in [6, 6.07) is 11.8. The number of hydrogen-bond donors (Lipinski definition) is 2. The van der Waals surface area contributed by atoms with Gasteiger partial charge in [0.25, 0.3) is 0 Å². The standard InChI is InChI=1S/C19H22F2N2O/c20-17-7-14(8-18(21)9-17)10-22-11-19(24)13-23-6-5-15-3-1-2-4-16(15)12-23/h1-4,7-9,19,22,24H,5-6,10-13H2. The van der Waals surface area contributed by atoms with Crippen molar-refractivity contribution in [2.75, 3.05) is 19.6 Å². The second-order valence-electron chi connectivity index (χ2n) is 6.32. The zero-order valence-electron chi connectivity index (χ0n) is 13.5. The summed E-state index contributed by atoms with van der Waals surface area (Å²) in [5.41, 5.74) is 3.24. The summed E-state index contributed by atoms with van der Waals surface area (Å²) in [4.78, 5) is 2.23. The average Bonchev–Trinajstić information content (AvgIpc) is 2.54. The molecule has 2 N–H and O–H groups in total. The van der Waals surface area contributed by atoms with Crippen LogP contribution in [-0.2, 0) is 19.5 Å². The van der Waals surface area contributed by atoms with Gasteiger partial charge in [-0.25, -0.2) is 8.78 Å². The molecule has 1 aliphatic rings. The molecule has 128 valence electrons. The van der Waals surface area contributed by atoms with Gasteiger partial charge in [-0.15, -0.1) is 0 Å². The largest absolute Gasteiger partial charge is 0.390 e. The van der Waals surface area contributed by atoms with E-state index in [9.17, 15) is 13.9 Å². The first-order chi connectivity index (χ1) is 11.6. The fourth-order valence-electron chi connectivity index (χ4n) is 3.17. The number of nitrogens with zero attached hydrogens (tertiary/aromatic N) is 1. The Hall–Kier alpha value is -1.82. The lowest BCUT2D eigenvalue weighted by atomic mass is 10.00. The highest BCUT2D eigenvalue weighted by atomic mass is 19.1. The third kappa shape index (κ3) is 4.60. The Labute approximate surface area is 140 Å². The van der Waals surface area contributed by atoms with Crippen LogP contribution in [0.2, 0.25) is 0 Å². The number of aliphatic hydroxyl groups is 1. The van der Waals surface area contributed by atoms with Crippen molar-refractivity contribution in [2.24, 2.45) is 0 Å². The Morgan fingerprint density at radius 2 is 1.79 bits per heavy atom. The van der Waals surface area contributed by atoms with Gasteiger partial charge in [0.05, 0.1) is 6.10 Å². The summed E-state index contributed by atoms with van der Waals surface area (Å²) in [6.07, 6.45) is 0.479. The van der Waals surface area contributed by atoms with Crippen LogP contribution in [0.3, 0.4) is 0 Å². The number of fused-ring (bicyclic) bond motifs is 1. The third-order valence-corrected chi connectivity index (χ3v) is 4.31. The lowest BCUT2D eigenvalue weighted by Crippen LogP contribution is -2.40. The molecule has 0 saturated heterocycles. The van der Waals surface area contributed by atoms with Gasteiger partial charge in [0.1, 0.15) is 11.6 Å². The molecule has 3 rings (SSSR count). The van der Waals surface area contributed by atoms with E-state index in [0.717, 1.165) is 25.6 Å². The maximum Gasteiger partial charge on any atom is 0.126 e. The van der Waals surface area contributed by atoms with E-state index in [4.69, 9.17) is 0 Å². The molecule has 1 unspecified atom stereocenters. The summed E-state index contributed by atoms with van der Waals surface area (Å²) >= 11 is 0. The Morgan fingerprint density at radius 1 is 1.08 bits per heavy atom. The average molecular weight is 332 g/mol.